The van der Waals surface area contributed by atoms with E-state index in [1.807, 2.05) is 18.2 Å². The number of methoxy groups -OCH3 is 1. The second-order valence-electron chi connectivity index (χ2n) is 6.66. The van der Waals surface area contributed by atoms with E-state index >= 15 is 0 Å². The van der Waals surface area contributed by atoms with E-state index in [9.17, 15) is 4.79 Å². The Labute approximate surface area is 174 Å². The van der Waals surface area contributed by atoms with Crippen molar-refractivity contribution in [1.29, 1.82) is 0 Å². The summed E-state index contributed by atoms with van der Waals surface area (Å²) in [5.41, 5.74) is 1.13. The van der Waals surface area contributed by atoms with Crippen molar-refractivity contribution in [3.63, 3.8) is 0 Å². The van der Waals surface area contributed by atoms with Crippen LogP contribution in [0.4, 0.5) is 0 Å². The zero-order valence-corrected chi connectivity index (χ0v) is 17.4. The van der Waals surface area contributed by atoms with Crippen LogP contribution >= 0.6 is 24.8 Å². The average molecular weight is 420 g/mol. The Morgan fingerprint density at radius 2 is 2.04 bits per heavy atom. The Morgan fingerprint density at radius 1 is 1.30 bits per heavy atom. The van der Waals surface area contributed by atoms with E-state index in [1.165, 1.54) is 19.3 Å². The maximum absolute atomic E-state index is 12.4. The highest BCUT2D eigenvalue weighted by Gasteiger charge is 2.27. The number of piperidine rings is 1. The molecule has 2 heterocycles. The first-order valence-electron chi connectivity index (χ1n) is 9.26. The van der Waals surface area contributed by atoms with E-state index in [1.54, 1.807) is 7.11 Å². The molecule has 0 spiro atoms. The van der Waals surface area contributed by atoms with E-state index in [-0.39, 0.29) is 36.8 Å². The molecule has 8 heteroatoms. The van der Waals surface area contributed by atoms with Crippen LogP contribution in [0.1, 0.15) is 30.9 Å². The largest absolute Gasteiger partial charge is 0.496 e. The number of nitrogens with zero attached hydrogens (tertiary/aromatic N) is 1. The molecule has 2 unspecified atom stereocenters. The molecule has 2 aliphatic rings. The number of likely N-dealkylation sites (tertiary alicyclic amines) is 1. The van der Waals surface area contributed by atoms with Gasteiger partial charge in [0.15, 0.2) is 0 Å². The Balaban J connectivity index is 0.00000182. The van der Waals surface area contributed by atoms with Gasteiger partial charge in [0.1, 0.15) is 11.9 Å². The van der Waals surface area contributed by atoms with Crippen LogP contribution in [0.2, 0.25) is 0 Å². The van der Waals surface area contributed by atoms with Crippen molar-refractivity contribution in [3.05, 3.63) is 29.8 Å². The number of hydrogen-bond acceptors (Lipinski definition) is 5. The summed E-state index contributed by atoms with van der Waals surface area (Å²) in [6.45, 7) is 4.65. The van der Waals surface area contributed by atoms with Crippen LogP contribution in [0.15, 0.2) is 24.3 Å². The number of carbonyl (C=O) groups excluding carboxylic acids is 1. The van der Waals surface area contributed by atoms with Gasteiger partial charge in [-0.05, 0) is 32.0 Å². The smallest absolute Gasteiger partial charge is 0.250 e. The molecule has 3 rings (SSSR count). The lowest BCUT2D eigenvalue weighted by molar-refractivity contribution is -0.134. The van der Waals surface area contributed by atoms with Gasteiger partial charge in [-0.1, -0.05) is 24.6 Å². The second kappa shape index (κ2) is 12.4. The van der Waals surface area contributed by atoms with Gasteiger partial charge in [-0.3, -0.25) is 9.69 Å². The fourth-order valence-corrected chi connectivity index (χ4v) is 3.65. The fourth-order valence-electron chi connectivity index (χ4n) is 3.65. The number of hydrogen-bond donors (Lipinski definition) is 2. The molecule has 1 aromatic carbocycles. The van der Waals surface area contributed by atoms with Crippen molar-refractivity contribution in [3.8, 4) is 5.75 Å². The third kappa shape index (κ3) is 6.50. The predicted molar refractivity (Wildman–Crippen MR) is 111 cm³/mol. The molecule has 0 radical (unpaired) electrons. The monoisotopic (exact) mass is 419 g/mol. The van der Waals surface area contributed by atoms with Crippen LogP contribution in [-0.2, 0) is 9.53 Å². The second-order valence-corrected chi connectivity index (χ2v) is 6.66. The lowest BCUT2D eigenvalue weighted by Crippen LogP contribution is -2.49. The highest BCUT2D eigenvalue weighted by molar-refractivity contribution is 5.85. The van der Waals surface area contributed by atoms with Crippen LogP contribution < -0.4 is 15.4 Å². The van der Waals surface area contributed by atoms with Gasteiger partial charge in [0.05, 0.1) is 19.8 Å². The molecule has 1 aromatic rings. The lowest BCUT2D eigenvalue weighted by atomic mass is 10.0. The molecule has 1 amide bonds. The number of amides is 1. The molecule has 2 saturated heterocycles. The van der Waals surface area contributed by atoms with Crippen LogP contribution in [0.25, 0.3) is 0 Å². The van der Waals surface area contributed by atoms with Crippen LogP contribution in [0, 0.1) is 0 Å². The Bertz CT molecular complexity index is 565. The molecular formula is C19H31Cl2N3O3. The maximum atomic E-state index is 12.4. The van der Waals surface area contributed by atoms with E-state index in [0.717, 1.165) is 30.9 Å². The molecular weight excluding hydrogens is 389 g/mol. The molecule has 2 fully saturated rings. The van der Waals surface area contributed by atoms with Gasteiger partial charge in [0.25, 0.3) is 5.91 Å². The SMILES string of the molecule is COc1ccccc1C(CNC(=O)C1CNCCO1)N1CCCCC1.Cl.Cl. The van der Waals surface area contributed by atoms with Crippen molar-refractivity contribution in [2.75, 3.05) is 46.4 Å². The topological polar surface area (TPSA) is 62.8 Å². The number of morpholine rings is 1. The highest BCUT2D eigenvalue weighted by atomic mass is 35.5. The third-order valence-corrected chi connectivity index (χ3v) is 5.02. The molecule has 0 saturated carbocycles. The van der Waals surface area contributed by atoms with E-state index in [4.69, 9.17) is 9.47 Å². The zero-order chi connectivity index (χ0) is 17.5. The molecule has 0 aliphatic carbocycles. The van der Waals surface area contributed by atoms with E-state index < -0.39 is 6.10 Å². The number of para-hydroxylation sites is 1. The molecule has 27 heavy (non-hydrogen) atoms. The van der Waals surface area contributed by atoms with Gasteiger partial charge in [0.2, 0.25) is 0 Å². The van der Waals surface area contributed by atoms with Crippen molar-refractivity contribution in [2.24, 2.45) is 0 Å². The number of benzene rings is 1. The standard InChI is InChI=1S/C19H29N3O3.2ClH/c1-24-17-8-4-3-7-15(17)16(22-10-5-2-6-11-22)13-21-19(23)18-14-20-9-12-25-18;;/h3-4,7-8,16,18,20H,2,5-6,9-14H2,1H3,(H,21,23);2*1H. The summed E-state index contributed by atoms with van der Waals surface area (Å²) in [4.78, 5) is 14.9. The summed E-state index contributed by atoms with van der Waals surface area (Å²) in [5, 5.41) is 6.30. The Morgan fingerprint density at radius 3 is 2.70 bits per heavy atom. The third-order valence-electron chi connectivity index (χ3n) is 5.02. The number of halogens is 2. The average Bonchev–Trinajstić information content (AvgIpc) is 2.70. The van der Waals surface area contributed by atoms with E-state index in [0.29, 0.717) is 19.7 Å². The molecule has 2 aliphatic heterocycles. The predicted octanol–water partition coefficient (Wildman–Crippen LogP) is 2.17. The minimum atomic E-state index is -0.395. The van der Waals surface area contributed by atoms with Crippen molar-refractivity contribution in [2.45, 2.75) is 31.4 Å². The number of rotatable bonds is 6. The quantitative estimate of drug-likeness (QED) is 0.739. The van der Waals surface area contributed by atoms with Gasteiger partial charge >= 0.3 is 0 Å². The first kappa shape index (κ1) is 24.0. The minimum Gasteiger partial charge on any atom is -0.496 e. The van der Waals surface area contributed by atoms with Gasteiger partial charge in [-0.15, -0.1) is 24.8 Å². The Kier molecular flexibility index (Phi) is 11.0. The van der Waals surface area contributed by atoms with Crippen LogP contribution in [0.3, 0.4) is 0 Å². The zero-order valence-electron chi connectivity index (χ0n) is 15.8. The Hall–Kier alpha value is -1.05. The summed E-state index contributed by atoms with van der Waals surface area (Å²) in [6.07, 6.45) is 3.29. The first-order chi connectivity index (χ1) is 12.3. The molecule has 2 atom stereocenters. The summed E-state index contributed by atoms with van der Waals surface area (Å²) >= 11 is 0. The van der Waals surface area contributed by atoms with Crippen LogP contribution in [0.5, 0.6) is 5.75 Å². The van der Waals surface area contributed by atoms with Gasteiger partial charge < -0.3 is 20.1 Å². The molecule has 0 bridgehead atoms. The van der Waals surface area contributed by atoms with E-state index in [2.05, 4.69) is 21.6 Å². The molecule has 0 aromatic heterocycles. The number of carbonyl (C=O) groups is 1. The van der Waals surface area contributed by atoms with Crippen molar-refractivity contribution >= 4 is 30.7 Å². The summed E-state index contributed by atoms with van der Waals surface area (Å²) in [6, 6.07) is 8.23. The number of ether oxygens (including phenoxy) is 2. The summed E-state index contributed by atoms with van der Waals surface area (Å²) < 4.78 is 11.1. The summed E-state index contributed by atoms with van der Waals surface area (Å²) in [7, 11) is 1.70. The minimum absolute atomic E-state index is 0. The summed E-state index contributed by atoms with van der Waals surface area (Å²) in [5.74, 6) is 0.840. The normalized spacial score (nSPS) is 21.3. The van der Waals surface area contributed by atoms with Gasteiger partial charge in [-0.25, -0.2) is 0 Å². The van der Waals surface area contributed by atoms with Gasteiger partial charge in [0, 0.05) is 25.2 Å². The van der Waals surface area contributed by atoms with Crippen molar-refractivity contribution < 1.29 is 14.3 Å². The van der Waals surface area contributed by atoms with Gasteiger partial charge in [-0.2, -0.15) is 0 Å². The maximum Gasteiger partial charge on any atom is 0.250 e. The first-order valence-corrected chi connectivity index (χ1v) is 9.26. The molecule has 6 nitrogen and oxygen atoms in total. The van der Waals surface area contributed by atoms with Crippen LogP contribution in [-0.4, -0.2) is 63.4 Å². The lowest BCUT2D eigenvalue weighted by Gasteiger charge is -2.36. The molecule has 154 valence electrons. The fraction of sp³-hybridized carbons (Fsp3) is 0.632. The molecule has 2 N–H and O–H groups in total. The number of nitrogens with one attached hydrogen (secondary N) is 2. The highest BCUT2D eigenvalue weighted by Crippen LogP contribution is 2.30. The van der Waals surface area contributed by atoms with Crippen molar-refractivity contribution in [1.82, 2.24) is 15.5 Å².